The van der Waals surface area contributed by atoms with Gasteiger partial charge in [-0.1, -0.05) is 12.8 Å². The Kier molecular flexibility index (Phi) is 6.22. The summed E-state index contributed by atoms with van der Waals surface area (Å²) >= 11 is 0. The van der Waals surface area contributed by atoms with E-state index < -0.39 is 34.6 Å². The van der Waals surface area contributed by atoms with E-state index in [4.69, 9.17) is 9.84 Å². The average molecular weight is 424 g/mol. The summed E-state index contributed by atoms with van der Waals surface area (Å²) < 4.78 is 6.48. The Bertz CT molecular complexity index is 705. The third kappa shape index (κ3) is 3.73. The Labute approximate surface area is 179 Å². The molecule has 1 spiro atoms. The lowest BCUT2D eigenvalue weighted by Gasteiger charge is -2.35. The van der Waals surface area contributed by atoms with Crippen molar-refractivity contribution in [3.63, 3.8) is 0 Å². The number of hydrogen-bond donors (Lipinski definition) is 3. The highest BCUT2D eigenvalue weighted by Gasteiger charge is 2.77. The first-order valence-corrected chi connectivity index (χ1v) is 11.2. The van der Waals surface area contributed by atoms with Crippen LogP contribution < -0.4 is 10.6 Å². The summed E-state index contributed by atoms with van der Waals surface area (Å²) in [6.45, 7) is 8.24. The Hall–Kier alpha value is -1.67. The molecule has 0 radical (unpaired) electrons. The second-order valence-electron chi connectivity index (χ2n) is 10.3. The number of nitrogens with one attached hydrogen (secondary N) is 2. The monoisotopic (exact) mass is 423 g/mol. The van der Waals surface area contributed by atoms with Gasteiger partial charge >= 0.3 is 0 Å². The Morgan fingerprint density at radius 1 is 1.17 bits per heavy atom. The molecule has 0 aromatic heterocycles. The van der Waals surface area contributed by atoms with Gasteiger partial charge in [-0.3, -0.25) is 14.4 Å². The number of carbonyl (C=O) groups is 3. The first-order chi connectivity index (χ1) is 14.0. The number of rotatable bonds is 8. The molecule has 8 heteroatoms. The van der Waals surface area contributed by atoms with Gasteiger partial charge in [-0.2, -0.15) is 0 Å². The van der Waals surface area contributed by atoms with E-state index in [1.807, 2.05) is 27.7 Å². The summed E-state index contributed by atoms with van der Waals surface area (Å²) in [5, 5.41) is 14.7. The summed E-state index contributed by atoms with van der Waals surface area (Å²) in [6.07, 6.45) is 4.47. The lowest BCUT2D eigenvalue weighted by atomic mass is 9.66. The standard InChI is InChI=1S/C22H37N3O5/c1-20(2,3)24-18(28)16-22-11-10-21(4,30-22)14(17(27)23-5)15(22)19(29)25(16)12-8-6-7-9-13-26/h14-16,26H,6-13H2,1-5H3,(H,23,27)(H,24,28)/t14-,15+,16?,21+,22?/m1/s1. The molecule has 3 aliphatic rings. The fourth-order valence-electron chi connectivity index (χ4n) is 5.71. The van der Waals surface area contributed by atoms with E-state index in [-0.39, 0.29) is 24.3 Å². The zero-order valence-corrected chi connectivity index (χ0v) is 18.9. The van der Waals surface area contributed by atoms with Gasteiger partial charge in [0.25, 0.3) is 0 Å². The number of carbonyl (C=O) groups excluding carboxylic acids is 3. The van der Waals surface area contributed by atoms with E-state index in [1.54, 1.807) is 11.9 Å². The maximum atomic E-state index is 13.6. The molecule has 0 aromatic carbocycles. The number of ether oxygens (including phenoxy) is 1. The number of hydrogen-bond acceptors (Lipinski definition) is 5. The molecule has 8 nitrogen and oxygen atoms in total. The molecule has 3 N–H and O–H groups in total. The number of likely N-dealkylation sites (tertiary alicyclic amines) is 1. The number of aliphatic hydroxyl groups excluding tert-OH is 1. The molecular weight excluding hydrogens is 386 g/mol. The summed E-state index contributed by atoms with van der Waals surface area (Å²) in [4.78, 5) is 41.4. The second-order valence-corrected chi connectivity index (χ2v) is 10.3. The van der Waals surface area contributed by atoms with Crippen molar-refractivity contribution in [2.45, 2.75) is 89.0 Å². The third-order valence-corrected chi connectivity index (χ3v) is 6.86. The van der Waals surface area contributed by atoms with E-state index in [1.165, 1.54) is 0 Å². The van der Waals surface area contributed by atoms with Gasteiger partial charge < -0.3 is 25.4 Å². The smallest absolute Gasteiger partial charge is 0.246 e. The van der Waals surface area contributed by atoms with Crippen LogP contribution in [-0.2, 0) is 19.1 Å². The van der Waals surface area contributed by atoms with Crippen molar-refractivity contribution in [3.05, 3.63) is 0 Å². The fourth-order valence-corrected chi connectivity index (χ4v) is 5.71. The minimum atomic E-state index is -0.955. The van der Waals surface area contributed by atoms with Crippen molar-refractivity contribution in [1.29, 1.82) is 0 Å². The number of unbranched alkanes of at least 4 members (excludes halogenated alkanes) is 3. The van der Waals surface area contributed by atoms with Crippen molar-refractivity contribution in [2.75, 3.05) is 20.2 Å². The lowest BCUT2D eigenvalue weighted by Crippen LogP contribution is -2.58. The van der Waals surface area contributed by atoms with Crippen LogP contribution in [0.5, 0.6) is 0 Å². The van der Waals surface area contributed by atoms with Crippen LogP contribution >= 0.6 is 0 Å². The second kappa shape index (κ2) is 8.11. The molecule has 0 aromatic rings. The normalized spacial score (nSPS) is 34.9. The molecule has 3 saturated heterocycles. The minimum Gasteiger partial charge on any atom is -0.396 e. The lowest BCUT2D eigenvalue weighted by molar-refractivity contribution is -0.146. The molecule has 0 saturated carbocycles. The van der Waals surface area contributed by atoms with Crippen LogP contribution in [0.25, 0.3) is 0 Å². The molecule has 2 bridgehead atoms. The summed E-state index contributed by atoms with van der Waals surface area (Å²) in [5.41, 5.74) is -2.13. The highest BCUT2D eigenvalue weighted by atomic mass is 16.5. The summed E-state index contributed by atoms with van der Waals surface area (Å²) in [7, 11) is 1.58. The summed E-state index contributed by atoms with van der Waals surface area (Å²) in [6, 6.07) is -0.733. The van der Waals surface area contributed by atoms with Crippen LogP contribution in [0.2, 0.25) is 0 Å². The molecule has 3 rings (SSSR count). The van der Waals surface area contributed by atoms with Gasteiger partial charge in [-0.25, -0.2) is 0 Å². The van der Waals surface area contributed by atoms with Crippen LogP contribution in [0.4, 0.5) is 0 Å². The molecule has 170 valence electrons. The molecule has 30 heavy (non-hydrogen) atoms. The minimum absolute atomic E-state index is 0.150. The van der Waals surface area contributed by atoms with Crippen LogP contribution in [0, 0.1) is 11.8 Å². The van der Waals surface area contributed by atoms with E-state index in [2.05, 4.69) is 10.6 Å². The quantitative estimate of drug-likeness (QED) is 0.504. The van der Waals surface area contributed by atoms with E-state index in [0.717, 1.165) is 25.7 Å². The van der Waals surface area contributed by atoms with Gasteiger partial charge in [-0.15, -0.1) is 0 Å². The van der Waals surface area contributed by atoms with Gasteiger partial charge in [0.2, 0.25) is 17.7 Å². The first kappa shape index (κ1) is 23.0. The average Bonchev–Trinajstić information content (AvgIpc) is 3.21. The van der Waals surface area contributed by atoms with Crippen molar-refractivity contribution < 1.29 is 24.2 Å². The topological polar surface area (TPSA) is 108 Å². The van der Waals surface area contributed by atoms with Gasteiger partial charge in [0.1, 0.15) is 11.6 Å². The maximum Gasteiger partial charge on any atom is 0.246 e. The SMILES string of the molecule is CNC(=O)[C@H]1[C@H]2C(=O)N(CCCCCCO)C(C(=O)NC(C)(C)C)C23CC[C@]1(C)O3. The molecule has 3 amide bonds. The highest BCUT2D eigenvalue weighted by molar-refractivity contribution is 5.99. The van der Waals surface area contributed by atoms with Crippen LogP contribution in [0.15, 0.2) is 0 Å². The van der Waals surface area contributed by atoms with E-state index in [0.29, 0.717) is 19.4 Å². The van der Waals surface area contributed by atoms with Crippen molar-refractivity contribution >= 4 is 17.7 Å². The molecule has 3 aliphatic heterocycles. The number of aliphatic hydroxyl groups is 1. The van der Waals surface area contributed by atoms with Crippen LogP contribution in [0.3, 0.4) is 0 Å². The number of amides is 3. The predicted octanol–water partition coefficient (Wildman–Crippen LogP) is 0.965. The van der Waals surface area contributed by atoms with E-state index >= 15 is 0 Å². The molecule has 2 unspecified atom stereocenters. The zero-order valence-electron chi connectivity index (χ0n) is 18.9. The number of nitrogens with zero attached hydrogens (tertiary/aromatic N) is 1. The molecule has 0 aliphatic carbocycles. The fraction of sp³-hybridized carbons (Fsp3) is 0.864. The Morgan fingerprint density at radius 3 is 2.43 bits per heavy atom. The maximum absolute atomic E-state index is 13.6. The molecule has 3 fully saturated rings. The van der Waals surface area contributed by atoms with Gasteiger partial charge in [0, 0.05) is 25.7 Å². The Balaban J connectivity index is 1.92. The summed E-state index contributed by atoms with van der Waals surface area (Å²) in [5.74, 6) is -1.78. The molecular formula is C22H37N3O5. The molecule has 5 atom stereocenters. The third-order valence-electron chi connectivity index (χ3n) is 6.86. The van der Waals surface area contributed by atoms with Crippen molar-refractivity contribution in [1.82, 2.24) is 15.5 Å². The molecule has 3 heterocycles. The van der Waals surface area contributed by atoms with E-state index in [9.17, 15) is 14.4 Å². The van der Waals surface area contributed by atoms with Gasteiger partial charge in [0.05, 0.1) is 17.4 Å². The van der Waals surface area contributed by atoms with Crippen LogP contribution in [0.1, 0.15) is 66.2 Å². The van der Waals surface area contributed by atoms with Gasteiger partial charge in [0.15, 0.2) is 0 Å². The van der Waals surface area contributed by atoms with Crippen molar-refractivity contribution in [2.24, 2.45) is 11.8 Å². The van der Waals surface area contributed by atoms with Gasteiger partial charge in [-0.05, 0) is 53.4 Å². The number of fused-ring (bicyclic) bond motifs is 1. The predicted molar refractivity (Wildman–Crippen MR) is 111 cm³/mol. The largest absolute Gasteiger partial charge is 0.396 e. The zero-order chi connectivity index (χ0) is 22.3. The first-order valence-electron chi connectivity index (χ1n) is 11.2. The highest BCUT2D eigenvalue weighted by Crippen LogP contribution is 2.63. The van der Waals surface area contributed by atoms with Crippen LogP contribution in [-0.4, -0.2) is 70.7 Å². The van der Waals surface area contributed by atoms with Crippen molar-refractivity contribution in [3.8, 4) is 0 Å². The Morgan fingerprint density at radius 2 is 1.83 bits per heavy atom.